The largest absolute Gasteiger partial charge is 0.310 e. The Labute approximate surface area is 97.0 Å². The fourth-order valence-electron chi connectivity index (χ4n) is 1.10. The number of halogens is 3. The highest BCUT2D eigenvalue weighted by Crippen LogP contribution is 2.34. The van der Waals surface area contributed by atoms with E-state index in [1.54, 1.807) is 6.07 Å². The molecule has 1 aromatic rings. The number of nitriles is 1. The molecule has 0 bridgehead atoms. The van der Waals surface area contributed by atoms with Crippen molar-refractivity contribution in [2.45, 2.75) is 12.8 Å². The minimum absolute atomic E-state index is 0.0651. The highest BCUT2D eigenvalue weighted by atomic mass is 79.9. The summed E-state index contributed by atoms with van der Waals surface area (Å²) in [6.45, 7) is 0. The molecule has 1 heterocycles. The van der Waals surface area contributed by atoms with Gasteiger partial charge in [0.25, 0.3) is 6.43 Å². The van der Waals surface area contributed by atoms with Gasteiger partial charge in [-0.15, -0.1) is 0 Å². The third-order valence-corrected chi connectivity index (χ3v) is 2.26. The van der Waals surface area contributed by atoms with Crippen molar-refractivity contribution in [1.29, 1.82) is 5.26 Å². The Morgan fingerprint density at radius 1 is 1.69 bits per heavy atom. The van der Waals surface area contributed by atoms with Crippen LogP contribution in [0.25, 0.3) is 0 Å². The van der Waals surface area contributed by atoms with E-state index in [1.807, 2.05) is 0 Å². The van der Waals surface area contributed by atoms with Crippen molar-refractivity contribution >= 4 is 21.6 Å². The van der Waals surface area contributed by atoms with Crippen molar-refractivity contribution in [3.63, 3.8) is 0 Å². The fourth-order valence-corrected chi connectivity index (χ4v) is 1.70. The predicted octanol–water partition coefficient (Wildman–Crippen LogP) is 2.76. The van der Waals surface area contributed by atoms with Crippen LogP contribution in [0.4, 0.5) is 14.5 Å². The van der Waals surface area contributed by atoms with Gasteiger partial charge in [-0.25, -0.2) is 13.8 Å². The second kappa shape index (κ2) is 4.94. The Kier molecular flexibility index (Phi) is 3.84. The minimum atomic E-state index is -2.99. The van der Waals surface area contributed by atoms with Crippen LogP contribution in [-0.2, 0) is 6.42 Å². The van der Waals surface area contributed by atoms with E-state index in [0.717, 1.165) is 6.07 Å². The standard InChI is InChI=1S/C8H4BrF2N3O2/c9-7-6(14(15)16)5(8(10)11)3-4(13-7)1-2-12/h3,8H,1H2. The zero-order valence-electron chi connectivity index (χ0n) is 7.65. The Bertz CT molecular complexity index is 473. The molecule has 0 aliphatic rings. The lowest BCUT2D eigenvalue weighted by Gasteiger charge is -2.04. The topological polar surface area (TPSA) is 79.8 Å². The Hall–Kier alpha value is -1.62. The van der Waals surface area contributed by atoms with Crippen LogP contribution in [0.15, 0.2) is 10.7 Å². The molecule has 0 spiro atoms. The second-order valence-corrected chi connectivity index (χ2v) is 3.49. The number of pyridine rings is 1. The molecule has 0 unspecified atom stereocenters. The number of alkyl halides is 2. The monoisotopic (exact) mass is 291 g/mol. The van der Waals surface area contributed by atoms with Crippen molar-refractivity contribution in [1.82, 2.24) is 4.98 Å². The van der Waals surface area contributed by atoms with E-state index in [4.69, 9.17) is 5.26 Å². The number of nitrogens with zero attached hydrogens (tertiary/aromatic N) is 3. The molecule has 0 radical (unpaired) electrons. The highest BCUT2D eigenvalue weighted by Gasteiger charge is 2.26. The average molecular weight is 292 g/mol. The number of nitro groups is 1. The van der Waals surface area contributed by atoms with Crippen LogP contribution in [0.5, 0.6) is 0 Å². The van der Waals surface area contributed by atoms with Gasteiger partial charge in [0.2, 0.25) is 0 Å². The first-order valence-corrected chi connectivity index (χ1v) is 4.75. The molecule has 5 nitrogen and oxygen atoms in total. The van der Waals surface area contributed by atoms with Gasteiger partial charge in [-0.2, -0.15) is 5.26 Å². The van der Waals surface area contributed by atoms with Crippen LogP contribution in [0.2, 0.25) is 0 Å². The first kappa shape index (κ1) is 12.4. The number of hydrogen-bond acceptors (Lipinski definition) is 4. The zero-order valence-corrected chi connectivity index (χ0v) is 9.24. The maximum absolute atomic E-state index is 12.6. The molecule has 0 saturated carbocycles. The molecule has 0 N–H and O–H groups in total. The molecule has 0 aliphatic carbocycles. The quantitative estimate of drug-likeness (QED) is 0.487. The van der Waals surface area contributed by atoms with Crippen molar-refractivity contribution < 1.29 is 13.7 Å². The van der Waals surface area contributed by atoms with Gasteiger partial charge < -0.3 is 0 Å². The SMILES string of the molecule is N#CCc1cc(C(F)F)c([N+](=O)[O-])c(Br)n1. The van der Waals surface area contributed by atoms with E-state index in [-0.39, 0.29) is 16.7 Å². The summed E-state index contributed by atoms with van der Waals surface area (Å²) in [7, 11) is 0. The summed E-state index contributed by atoms with van der Waals surface area (Å²) in [5.41, 5.74) is -1.44. The summed E-state index contributed by atoms with van der Waals surface area (Å²) in [5.74, 6) is 0. The van der Waals surface area contributed by atoms with Crippen molar-refractivity contribution in [2.24, 2.45) is 0 Å². The van der Waals surface area contributed by atoms with Crippen LogP contribution < -0.4 is 0 Å². The lowest BCUT2D eigenvalue weighted by molar-refractivity contribution is -0.387. The third kappa shape index (κ3) is 2.49. The minimum Gasteiger partial charge on any atom is -0.258 e. The zero-order chi connectivity index (χ0) is 12.3. The third-order valence-electron chi connectivity index (χ3n) is 1.71. The fraction of sp³-hybridized carbons (Fsp3) is 0.250. The molecular weight excluding hydrogens is 288 g/mol. The van der Waals surface area contributed by atoms with Gasteiger partial charge in [0.1, 0.15) is 5.56 Å². The smallest absolute Gasteiger partial charge is 0.258 e. The number of hydrogen-bond donors (Lipinski definition) is 0. The maximum atomic E-state index is 12.6. The summed E-state index contributed by atoms with van der Waals surface area (Å²) in [6.07, 6.45) is -3.17. The van der Waals surface area contributed by atoms with Gasteiger partial charge in [0, 0.05) is 0 Å². The Balaban J connectivity index is 3.40. The van der Waals surface area contributed by atoms with Crippen LogP contribution in [-0.4, -0.2) is 9.91 Å². The van der Waals surface area contributed by atoms with Crippen LogP contribution >= 0.6 is 15.9 Å². The van der Waals surface area contributed by atoms with Crippen molar-refractivity contribution in [2.75, 3.05) is 0 Å². The maximum Gasteiger partial charge on any atom is 0.310 e. The summed E-state index contributed by atoms with van der Waals surface area (Å²) in [5, 5.41) is 18.9. The van der Waals surface area contributed by atoms with E-state index < -0.39 is 22.6 Å². The van der Waals surface area contributed by atoms with Crippen LogP contribution in [0.1, 0.15) is 17.7 Å². The molecule has 0 saturated heterocycles. The predicted molar refractivity (Wildman–Crippen MR) is 52.9 cm³/mol. The van der Waals surface area contributed by atoms with E-state index in [0.29, 0.717) is 0 Å². The van der Waals surface area contributed by atoms with Crippen LogP contribution in [0, 0.1) is 21.4 Å². The summed E-state index contributed by atoms with van der Waals surface area (Å²) in [4.78, 5) is 13.3. The van der Waals surface area contributed by atoms with Crippen molar-refractivity contribution in [3.05, 3.63) is 32.0 Å². The van der Waals surface area contributed by atoms with Gasteiger partial charge >= 0.3 is 5.69 Å². The Morgan fingerprint density at radius 2 is 2.31 bits per heavy atom. The molecule has 16 heavy (non-hydrogen) atoms. The molecule has 0 atom stereocenters. The molecule has 0 fully saturated rings. The summed E-state index contributed by atoms with van der Waals surface area (Å²) in [6, 6.07) is 2.60. The number of aromatic nitrogens is 1. The summed E-state index contributed by atoms with van der Waals surface area (Å²) >= 11 is 2.74. The molecule has 0 amide bonds. The second-order valence-electron chi connectivity index (χ2n) is 2.73. The van der Waals surface area contributed by atoms with E-state index >= 15 is 0 Å². The van der Waals surface area contributed by atoms with Crippen molar-refractivity contribution in [3.8, 4) is 6.07 Å². The lowest BCUT2D eigenvalue weighted by atomic mass is 10.2. The van der Waals surface area contributed by atoms with Gasteiger partial charge in [0.15, 0.2) is 4.60 Å². The lowest BCUT2D eigenvalue weighted by Crippen LogP contribution is -2.02. The molecule has 8 heteroatoms. The number of rotatable bonds is 3. The molecule has 1 rings (SSSR count). The van der Waals surface area contributed by atoms with E-state index in [1.165, 1.54) is 0 Å². The first-order chi connectivity index (χ1) is 7.47. The van der Waals surface area contributed by atoms with E-state index in [2.05, 4.69) is 20.9 Å². The van der Waals surface area contributed by atoms with E-state index in [9.17, 15) is 18.9 Å². The molecule has 84 valence electrons. The summed E-state index contributed by atoms with van der Waals surface area (Å²) < 4.78 is 24.8. The van der Waals surface area contributed by atoms with Gasteiger partial charge in [-0.05, 0) is 22.0 Å². The van der Waals surface area contributed by atoms with Gasteiger partial charge in [-0.3, -0.25) is 10.1 Å². The highest BCUT2D eigenvalue weighted by molar-refractivity contribution is 9.10. The Morgan fingerprint density at radius 3 is 2.75 bits per heavy atom. The molecule has 1 aromatic heterocycles. The van der Waals surface area contributed by atoms with Gasteiger partial charge in [0.05, 0.1) is 23.1 Å². The molecule has 0 aliphatic heterocycles. The molecule has 0 aromatic carbocycles. The first-order valence-electron chi connectivity index (χ1n) is 3.96. The van der Waals surface area contributed by atoms with Crippen LogP contribution in [0.3, 0.4) is 0 Å². The normalized spacial score (nSPS) is 10.2. The average Bonchev–Trinajstić information content (AvgIpc) is 2.16. The molecular formula is C8H4BrF2N3O2. The van der Waals surface area contributed by atoms with Gasteiger partial charge in [-0.1, -0.05) is 0 Å².